The molecule has 0 fully saturated rings. The van der Waals surface area contributed by atoms with Crippen LogP contribution in [-0.2, 0) is 0 Å². The minimum atomic E-state index is -0.176. The fourth-order valence-corrected chi connectivity index (χ4v) is 2.16. The third kappa shape index (κ3) is 2.60. The molecular weight excluding hydrogens is 248 g/mol. The number of aromatic nitrogens is 1. The molecule has 18 heavy (non-hydrogen) atoms. The molecule has 0 aliphatic heterocycles. The average molecular weight is 262 g/mol. The van der Waals surface area contributed by atoms with Crippen LogP contribution < -0.4 is 16.4 Å². The summed E-state index contributed by atoms with van der Waals surface area (Å²) < 4.78 is 0. The minimum Gasteiger partial charge on any atom is -0.389 e. The second kappa shape index (κ2) is 5.05. The van der Waals surface area contributed by atoms with Crippen LogP contribution in [0.5, 0.6) is 0 Å². The van der Waals surface area contributed by atoms with E-state index in [2.05, 4.69) is 15.6 Å². The normalized spacial score (nSPS) is 10.1. The Morgan fingerprint density at radius 3 is 2.78 bits per heavy atom. The summed E-state index contributed by atoms with van der Waals surface area (Å²) in [5, 5.41) is 6.84. The van der Waals surface area contributed by atoms with Gasteiger partial charge in [0.25, 0.3) is 5.91 Å². The number of nitrogens with zero attached hydrogens (tertiary/aromatic N) is 1. The van der Waals surface area contributed by atoms with Gasteiger partial charge in [0, 0.05) is 18.3 Å². The van der Waals surface area contributed by atoms with Crippen molar-refractivity contribution < 1.29 is 4.79 Å². The Bertz CT molecular complexity index is 579. The molecule has 2 aromatic rings. The molecule has 0 saturated carbocycles. The second-order valence-electron chi connectivity index (χ2n) is 3.80. The maximum atomic E-state index is 12.0. The predicted molar refractivity (Wildman–Crippen MR) is 75.2 cm³/mol. The fraction of sp³-hybridized carbons (Fsp3) is 0.167. The number of carbonyl (C=O) groups excluding carboxylic acids is 1. The van der Waals surface area contributed by atoms with Gasteiger partial charge in [-0.2, -0.15) is 0 Å². The monoisotopic (exact) mass is 262 g/mol. The third-order valence-electron chi connectivity index (χ3n) is 2.50. The molecule has 1 heterocycles. The summed E-state index contributed by atoms with van der Waals surface area (Å²) >= 11 is 1.25. The van der Waals surface area contributed by atoms with Gasteiger partial charge in [-0.25, -0.2) is 4.98 Å². The summed E-state index contributed by atoms with van der Waals surface area (Å²) in [6, 6.07) is 5.57. The molecule has 0 spiro atoms. The van der Waals surface area contributed by atoms with Crippen molar-refractivity contribution in [3.8, 4) is 0 Å². The molecule has 0 saturated heterocycles. The predicted octanol–water partition coefficient (Wildman–Crippen LogP) is 2.33. The first kappa shape index (κ1) is 12.4. The molecule has 5 nitrogen and oxygen atoms in total. The van der Waals surface area contributed by atoms with Crippen LogP contribution in [0.4, 0.5) is 15.8 Å². The van der Waals surface area contributed by atoms with Gasteiger partial charge in [-0.05, 0) is 30.7 Å². The Morgan fingerprint density at radius 2 is 2.22 bits per heavy atom. The zero-order valence-corrected chi connectivity index (χ0v) is 11.0. The highest BCUT2D eigenvalue weighted by Gasteiger charge is 2.11. The molecule has 1 aromatic heterocycles. The van der Waals surface area contributed by atoms with Crippen molar-refractivity contribution in [1.29, 1.82) is 0 Å². The molecule has 1 amide bonds. The van der Waals surface area contributed by atoms with E-state index in [0.29, 0.717) is 15.7 Å². The Hall–Kier alpha value is -2.08. The van der Waals surface area contributed by atoms with Crippen LogP contribution in [0.15, 0.2) is 24.4 Å². The molecule has 6 heteroatoms. The van der Waals surface area contributed by atoms with E-state index in [1.165, 1.54) is 17.5 Å². The number of nitrogen functional groups attached to an aromatic ring is 1. The Morgan fingerprint density at radius 1 is 1.44 bits per heavy atom. The SMILES string of the molecule is CNc1ccc(C(=O)Nc2ncc(N)s2)c(C)c1. The van der Waals surface area contributed by atoms with Crippen LogP contribution in [0.25, 0.3) is 0 Å². The van der Waals surface area contributed by atoms with Crippen molar-refractivity contribution in [2.45, 2.75) is 6.92 Å². The molecule has 0 unspecified atom stereocenters. The summed E-state index contributed by atoms with van der Waals surface area (Å²) in [6.45, 7) is 1.89. The Labute approximate surface area is 109 Å². The topological polar surface area (TPSA) is 80.0 Å². The summed E-state index contributed by atoms with van der Waals surface area (Å²) in [6.07, 6.45) is 1.53. The van der Waals surface area contributed by atoms with Gasteiger partial charge in [0.15, 0.2) is 5.13 Å². The quantitative estimate of drug-likeness (QED) is 0.793. The summed E-state index contributed by atoms with van der Waals surface area (Å²) in [4.78, 5) is 16.0. The van der Waals surface area contributed by atoms with Crippen LogP contribution in [-0.4, -0.2) is 17.9 Å². The highest BCUT2D eigenvalue weighted by molar-refractivity contribution is 7.19. The fourth-order valence-electron chi connectivity index (χ4n) is 1.58. The van der Waals surface area contributed by atoms with E-state index >= 15 is 0 Å². The Kier molecular flexibility index (Phi) is 3.47. The molecule has 0 aliphatic carbocycles. The zero-order chi connectivity index (χ0) is 13.1. The number of rotatable bonds is 3. The van der Waals surface area contributed by atoms with Gasteiger partial charge < -0.3 is 11.1 Å². The first-order chi connectivity index (χ1) is 8.60. The van der Waals surface area contributed by atoms with Gasteiger partial charge in [0.05, 0.1) is 6.20 Å². The van der Waals surface area contributed by atoms with Crippen molar-refractivity contribution in [1.82, 2.24) is 4.98 Å². The number of aryl methyl sites for hydroxylation is 1. The van der Waals surface area contributed by atoms with E-state index in [4.69, 9.17) is 5.73 Å². The molecule has 0 aliphatic rings. The number of benzene rings is 1. The van der Waals surface area contributed by atoms with Crippen molar-refractivity contribution in [3.05, 3.63) is 35.5 Å². The molecule has 2 rings (SSSR count). The second-order valence-corrected chi connectivity index (χ2v) is 4.86. The number of hydrogen-bond acceptors (Lipinski definition) is 5. The molecule has 4 N–H and O–H groups in total. The maximum Gasteiger partial charge on any atom is 0.257 e. The van der Waals surface area contributed by atoms with Crippen LogP contribution >= 0.6 is 11.3 Å². The third-order valence-corrected chi connectivity index (χ3v) is 3.25. The molecule has 0 atom stereocenters. The highest BCUT2D eigenvalue weighted by Crippen LogP contribution is 2.21. The first-order valence-electron chi connectivity index (χ1n) is 5.41. The lowest BCUT2D eigenvalue weighted by molar-refractivity contribution is 0.102. The van der Waals surface area contributed by atoms with Crippen LogP contribution in [0.3, 0.4) is 0 Å². The number of amides is 1. The zero-order valence-electron chi connectivity index (χ0n) is 10.2. The lowest BCUT2D eigenvalue weighted by atomic mass is 10.1. The first-order valence-corrected chi connectivity index (χ1v) is 6.23. The van der Waals surface area contributed by atoms with Gasteiger partial charge in [-0.3, -0.25) is 10.1 Å². The number of nitrogens with one attached hydrogen (secondary N) is 2. The van der Waals surface area contributed by atoms with E-state index in [0.717, 1.165) is 11.3 Å². The standard InChI is InChI=1S/C12H14N4OS/c1-7-5-8(14-2)3-4-9(7)11(17)16-12-15-6-10(13)18-12/h3-6,14H,13H2,1-2H3,(H,15,16,17). The Balaban J connectivity index is 2.18. The number of hydrogen-bond donors (Lipinski definition) is 3. The van der Waals surface area contributed by atoms with Crippen LogP contribution in [0.1, 0.15) is 15.9 Å². The smallest absolute Gasteiger partial charge is 0.257 e. The van der Waals surface area contributed by atoms with Gasteiger partial charge in [0.2, 0.25) is 0 Å². The molecule has 1 aromatic carbocycles. The van der Waals surface area contributed by atoms with E-state index in [-0.39, 0.29) is 5.91 Å². The van der Waals surface area contributed by atoms with E-state index in [9.17, 15) is 4.79 Å². The average Bonchev–Trinajstić information content (AvgIpc) is 2.74. The van der Waals surface area contributed by atoms with Crippen molar-refractivity contribution >= 4 is 33.1 Å². The van der Waals surface area contributed by atoms with Gasteiger partial charge in [-0.15, -0.1) is 0 Å². The minimum absolute atomic E-state index is 0.176. The van der Waals surface area contributed by atoms with Crippen molar-refractivity contribution in [2.24, 2.45) is 0 Å². The summed E-state index contributed by atoms with van der Waals surface area (Å²) in [5.74, 6) is -0.176. The maximum absolute atomic E-state index is 12.0. The molecular formula is C12H14N4OS. The van der Waals surface area contributed by atoms with Crippen LogP contribution in [0, 0.1) is 6.92 Å². The van der Waals surface area contributed by atoms with Gasteiger partial charge in [0.1, 0.15) is 5.00 Å². The van der Waals surface area contributed by atoms with E-state index in [1.807, 2.05) is 26.1 Å². The van der Waals surface area contributed by atoms with Crippen molar-refractivity contribution in [2.75, 3.05) is 23.4 Å². The van der Waals surface area contributed by atoms with Gasteiger partial charge >= 0.3 is 0 Å². The number of thiazole rings is 1. The number of anilines is 3. The lowest BCUT2D eigenvalue weighted by Gasteiger charge is -2.07. The molecule has 0 radical (unpaired) electrons. The summed E-state index contributed by atoms with van der Waals surface area (Å²) in [7, 11) is 1.84. The van der Waals surface area contributed by atoms with E-state index < -0.39 is 0 Å². The van der Waals surface area contributed by atoms with E-state index in [1.54, 1.807) is 6.07 Å². The number of carbonyl (C=O) groups is 1. The van der Waals surface area contributed by atoms with Crippen molar-refractivity contribution in [3.63, 3.8) is 0 Å². The lowest BCUT2D eigenvalue weighted by Crippen LogP contribution is -2.13. The molecule has 0 bridgehead atoms. The highest BCUT2D eigenvalue weighted by atomic mass is 32.1. The largest absolute Gasteiger partial charge is 0.389 e. The molecule has 94 valence electrons. The number of nitrogens with two attached hydrogens (primary N) is 1. The van der Waals surface area contributed by atoms with Crippen LogP contribution in [0.2, 0.25) is 0 Å². The van der Waals surface area contributed by atoms with Gasteiger partial charge in [-0.1, -0.05) is 11.3 Å². The summed E-state index contributed by atoms with van der Waals surface area (Å²) in [5.41, 5.74) is 8.07.